The summed E-state index contributed by atoms with van der Waals surface area (Å²) < 4.78 is 0. The number of hydrogen-bond donors (Lipinski definition) is 0. The van der Waals surface area contributed by atoms with Gasteiger partial charge < -0.3 is 9.80 Å². The van der Waals surface area contributed by atoms with Crippen LogP contribution in [0.4, 0.5) is 0 Å². The van der Waals surface area contributed by atoms with Crippen molar-refractivity contribution in [2.75, 3.05) is 13.1 Å². The molecule has 20 heavy (non-hydrogen) atoms. The Morgan fingerprint density at radius 1 is 1.25 bits per heavy atom. The summed E-state index contributed by atoms with van der Waals surface area (Å²) in [6.07, 6.45) is 5.95. The highest BCUT2D eigenvalue weighted by atomic mass is 16.2. The first-order chi connectivity index (χ1) is 9.50. The van der Waals surface area contributed by atoms with Crippen LogP contribution >= 0.6 is 0 Å². The molecule has 1 atom stereocenters. The molecule has 0 bridgehead atoms. The van der Waals surface area contributed by atoms with E-state index >= 15 is 0 Å². The Balaban J connectivity index is 1.98. The summed E-state index contributed by atoms with van der Waals surface area (Å²) in [5.41, 5.74) is 0. The van der Waals surface area contributed by atoms with Crippen LogP contribution in [0.2, 0.25) is 0 Å². The molecule has 4 nitrogen and oxygen atoms in total. The van der Waals surface area contributed by atoms with Crippen LogP contribution < -0.4 is 0 Å². The molecule has 1 saturated heterocycles. The average Bonchev–Trinajstić information content (AvgIpc) is 3.21. The van der Waals surface area contributed by atoms with Gasteiger partial charge in [0, 0.05) is 25.0 Å². The third kappa shape index (κ3) is 3.74. The van der Waals surface area contributed by atoms with Gasteiger partial charge in [-0.3, -0.25) is 9.59 Å². The molecule has 1 aliphatic heterocycles. The second kappa shape index (κ2) is 6.59. The van der Waals surface area contributed by atoms with Gasteiger partial charge in [0.1, 0.15) is 0 Å². The Bertz CT molecular complexity index is 363. The lowest BCUT2D eigenvalue weighted by Gasteiger charge is -2.34. The van der Waals surface area contributed by atoms with E-state index in [4.69, 9.17) is 0 Å². The molecule has 2 aliphatic rings. The zero-order valence-electron chi connectivity index (χ0n) is 13.1. The first-order valence-corrected chi connectivity index (χ1v) is 8.09. The minimum absolute atomic E-state index is 0.143. The van der Waals surface area contributed by atoms with Crippen LogP contribution in [0.3, 0.4) is 0 Å². The third-order valence-electron chi connectivity index (χ3n) is 4.63. The summed E-state index contributed by atoms with van der Waals surface area (Å²) in [5.74, 6) is 0.757. The predicted octanol–water partition coefficient (Wildman–Crippen LogP) is 2.42. The van der Waals surface area contributed by atoms with Crippen LogP contribution in [0.25, 0.3) is 0 Å². The summed E-state index contributed by atoms with van der Waals surface area (Å²) in [5, 5.41) is 0. The fourth-order valence-corrected chi connectivity index (χ4v) is 2.89. The van der Waals surface area contributed by atoms with E-state index in [0.29, 0.717) is 18.4 Å². The van der Waals surface area contributed by atoms with E-state index in [0.717, 1.165) is 38.6 Å². The van der Waals surface area contributed by atoms with Crippen molar-refractivity contribution >= 4 is 11.8 Å². The highest BCUT2D eigenvalue weighted by Gasteiger charge is 2.37. The van der Waals surface area contributed by atoms with E-state index < -0.39 is 0 Å². The molecule has 2 rings (SSSR count). The quantitative estimate of drug-likeness (QED) is 0.776. The van der Waals surface area contributed by atoms with Gasteiger partial charge in [-0.05, 0) is 38.5 Å². The van der Waals surface area contributed by atoms with Gasteiger partial charge in [-0.2, -0.15) is 0 Å². The minimum Gasteiger partial charge on any atom is -0.335 e. The number of carbonyl (C=O) groups is 2. The number of nitrogens with zero attached hydrogens (tertiary/aromatic N) is 2. The molecule has 0 radical (unpaired) electrons. The third-order valence-corrected chi connectivity index (χ3v) is 4.63. The molecular weight excluding hydrogens is 252 g/mol. The number of carbonyl (C=O) groups excluding carboxylic acids is 2. The Hall–Kier alpha value is -1.06. The fraction of sp³-hybridized carbons (Fsp3) is 0.875. The Morgan fingerprint density at radius 3 is 2.55 bits per heavy atom. The molecule has 1 saturated carbocycles. The molecule has 0 aromatic rings. The Labute approximate surface area is 122 Å². The topological polar surface area (TPSA) is 40.6 Å². The van der Waals surface area contributed by atoms with Crippen LogP contribution in [0, 0.1) is 5.92 Å². The largest absolute Gasteiger partial charge is 0.335 e. The predicted molar refractivity (Wildman–Crippen MR) is 79.2 cm³/mol. The number of likely N-dealkylation sites (tertiary alicyclic amines) is 1. The molecule has 0 aromatic heterocycles. The first kappa shape index (κ1) is 15.3. The Morgan fingerprint density at radius 2 is 1.95 bits per heavy atom. The molecule has 4 heteroatoms. The maximum Gasteiger partial charge on any atom is 0.242 e. The summed E-state index contributed by atoms with van der Waals surface area (Å²) in [6, 6.07) is 0.680. The van der Waals surface area contributed by atoms with Crippen molar-refractivity contribution in [2.45, 2.75) is 71.4 Å². The first-order valence-electron chi connectivity index (χ1n) is 8.09. The molecule has 2 amide bonds. The standard InChI is InChI=1S/C16H28N2O2/c1-12(2)13(3)18(14-8-9-14)16(20)11-17-10-6-4-5-7-15(17)19/h12-14H,4-11H2,1-3H3/t13-/m0/s1. The van der Waals surface area contributed by atoms with Crippen LogP contribution in [-0.4, -0.2) is 46.8 Å². The molecule has 0 spiro atoms. The molecule has 0 N–H and O–H groups in total. The van der Waals surface area contributed by atoms with Gasteiger partial charge in [0.2, 0.25) is 11.8 Å². The lowest BCUT2D eigenvalue weighted by Crippen LogP contribution is -2.48. The molecule has 1 aliphatic carbocycles. The van der Waals surface area contributed by atoms with Gasteiger partial charge in [0.05, 0.1) is 6.54 Å². The van der Waals surface area contributed by atoms with Gasteiger partial charge in [-0.25, -0.2) is 0 Å². The van der Waals surface area contributed by atoms with Gasteiger partial charge >= 0.3 is 0 Å². The smallest absolute Gasteiger partial charge is 0.242 e. The van der Waals surface area contributed by atoms with Crippen molar-refractivity contribution in [3.8, 4) is 0 Å². The fourth-order valence-electron chi connectivity index (χ4n) is 2.89. The summed E-state index contributed by atoms with van der Waals surface area (Å²) in [4.78, 5) is 28.5. The van der Waals surface area contributed by atoms with Gasteiger partial charge in [-0.15, -0.1) is 0 Å². The van der Waals surface area contributed by atoms with E-state index in [-0.39, 0.29) is 24.4 Å². The molecule has 0 unspecified atom stereocenters. The zero-order chi connectivity index (χ0) is 14.7. The second-order valence-electron chi connectivity index (χ2n) is 6.64. The highest BCUT2D eigenvalue weighted by Crippen LogP contribution is 2.31. The van der Waals surface area contributed by atoms with Gasteiger partial charge in [-0.1, -0.05) is 20.3 Å². The van der Waals surface area contributed by atoms with Gasteiger partial charge in [0.15, 0.2) is 0 Å². The van der Waals surface area contributed by atoms with Crippen LogP contribution in [0.15, 0.2) is 0 Å². The van der Waals surface area contributed by atoms with E-state index in [1.165, 1.54) is 0 Å². The van der Waals surface area contributed by atoms with Gasteiger partial charge in [0.25, 0.3) is 0 Å². The van der Waals surface area contributed by atoms with Crippen molar-refractivity contribution < 1.29 is 9.59 Å². The van der Waals surface area contributed by atoms with Crippen molar-refractivity contribution in [3.05, 3.63) is 0 Å². The van der Waals surface area contributed by atoms with Crippen molar-refractivity contribution in [2.24, 2.45) is 5.92 Å². The summed E-state index contributed by atoms with van der Waals surface area (Å²) in [7, 11) is 0. The van der Waals surface area contributed by atoms with Crippen molar-refractivity contribution in [1.82, 2.24) is 9.80 Å². The van der Waals surface area contributed by atoms with E-state index in [2.05, 4.69) is 20.8 Å². The number of amides is 2. The minimum atomic E-state index is 0.143. The highest BCUT2D eigenvalue weighted by molar-refractivity contribution is 5.85. The van der Waals surface area contributed by atoms with Crippen LogP contribution in [-0.2, 0) is 9.59 Å². The van der Waals surface area contributed by atoms with Crippen LogP contribution in [0.1, 0.15) is 59.3 Å². The number of hydrogen-bond acceptors (Lipinski definition) is 2. The second-order valence-corrected chi connectivity index (χ2v) is 6.64. The summed E-state index contributed by atoms with van der Waals surface area (Å²) in [6.45, 7) is 7.48. The normalized spacial score (nSPS) is 21.8. The monoisotopic (exact) mass is 280 g/mol. The SMILES string of the molecule is CC(C)[C@H](C)N(C(=O)CN1CCCCCC1=O)C1CC1. The van der Waals surface area contributed by atoms with Crippen molar-refractivity contribution in [1.29, 1.82) is 0 Å². The number of rotatable bonds is 5. The van der Waals surface area contributed by atoms with Crippen molar-refractivity contribution in [3.63, 3.8) is 0 Å². The van der Waals surface area contributed by atoms with E-state index in [9.17, 15) is 9.59 Å². The van der Waals surface area contributed by atoms with E-state index in [1.54, 1.807) is 4.90 Å². The maximum atomic E-state index is 12.6. The molecular formula is C16H28N2O2. The molecule has 1 heterocycles. The molecule has 114 valence electrons. The Kier molecular flexibility index (Phi) is 5.06. The van der Waals surface area contributed by atoms with Crippen LogP contribution in [0.5, 0.6) is 0 Å². The molecule has 0 aromatic carbocycles. The maximum absolute atomic E-state index is 12.6. The average molecular weight is 280 g/mol. The lowest BCUT2D eigenvalue weighted by molar-refractivity contribution is -0.142. The zero-order valence-corrected chi connectivity index (χ0v) is 13.1. The molecule has 2 fully saturated rings. The lowest BCUT2D eigenvalue weighted by atomic mass is 10.0. The van der Waals surface area contributed by atoms with E-state index in [1.807, 2.05) is 4.90 Å². The summed E-state index contributed by atoms with van der Waals surface area (Å²) >= 11 is 0.